The van der Waals surface area contributed by atoms with Crippen LogP contribution in [-0.4, -0.2) is 39.3 Å². The molecule has 4 rings (SSSR count). The summed E-state index contributed by atoms with van der Waals surface area (Å²) < 4.78 is 55.6. The predicted octanol–water partition coefficient (Wildman–Crippen LogP) is 4.38. The normalized spacial score (nSPS) is 11.6. The Labute approximate surface area is 231 Å². The van der Waals surface area contributed by atoms with E-state index in [0.29, 0.717) is 16.4 Å². The van der Waals surface area contributed by atoms with E-state index in [0.717, 1.165) is 9.87 Å². The lowest BCUT2D eigenvalue weighted by Gasteiger charge is -2.24. The first-order valence-electron chi connectivity index (χ1n) is 11.5. The van der Waals surface area contributed by atoms with Gasteiger partial charge in [0.25, 0.3) is 20.0 Å². The van der Waals surface area contributed by atoms with Crippen LogP contribution in [0, 0.1) is 13.8 Å². The zero-order valence-corrected chi connectivity index (χ0v) is 23.3. The highest BCUT2D eigenvalue weighted by Crippen LogP contribution is 2.25. The van der Waals surface area contributed by atoms with Crippen LogP contribution in [0.3, 0.4) is 0 Å². The highest BCUT2D eigenvalue weighted by molar-refractivity contribution is 7.93. The fourth-order valence-corrected chi connectivity index (χ4v) is 5.98. The van der Waals surface area contributed by atoms with Crippen LogP contribution in [0.1, 0.15) is 11.3 Å². The molecular formula is C26H24ClN5O5S2. The van der Waals surface area contributed by atoms with Crippen molar-refractivity contribution in [3.63, 3.8) is 0 Å². The molecule has 0 fully saturated rings. The number of carbonyl (C=O) groups is 1. The summed E-state index contributed by atoms with van der Waals surface area (Å²) in [5.41, 5.74) is 2.10. The van der Waals surface area contributed by atoms with Gasteiger partial charge in [-0.15, -0.1) is 0 Å². The Morgan fingerprint density at radius 2 is 1.46 bits per heavy atom. The summed E-state index contributed by atoms with van der Waals surface area (Å²) in [6.45, 7) is 3.04. The minimum absolute atomic E-state index is 0.0278. The number of rotatable bonds is 9. The number of nitrogens with zero attached hydrogens (tertiary/aromatic N) is 3. The van der Waals surface area contributed by atoms with Crippen LogP contribution in [-0.2, 0) is 24.8 Å². The van der Waals surface area contributed by atoms with Crippen molar-refractivity contribution in [2.45, 2.75) is 23.6 Å². The van der Waals surface area contributed by atoms with E-state index >= 15 is 0 Å². The van der Waals surface area contributed by atoms with Crippen LogP contribution in [0.25, 0.3) is 0 Å². The van der Waals surface area contributed by atoms with Crippen LogP contribution in [0.5, 0.6) is 0 Å². The number of benzene rings is 3. The lowest BCUT2D eigenvalue weighted by atomic mass is 10.2. The number of hydrogen-bond donors (Lipinski definition) is 2. The molecule has 1 aromatic heterocycles. The number of hydrogen-bond acceptors (Lipinski definition) is 7. The third-order valence-corrected chi connectivity index (χ3v) is 8.86. The Morgan fingerprint density at radius 3 is 2.08 bits per heavy atom. The monoisotopic (exact) mass is 585 g/mol. The summed E-state index contributed by atoms with van der Waals surface area (Å²) >= 11 is 5.92. The number of carbonyl (C=O) groups excluding carboxylic acids is 1. The van der Waals surface area contributed by atoms with Crippen LogP contribution < -0.4 is 14.3 Å². The first kappa shape index (κ1) is 28.0. The Morgan fingerprint density at radius 1 is 0.846 bits per heavy atom. The first-order chi connectivity index (χ1) is 18.4. The molecule has 4 aromatic rings. The summed E-state index contributed by atoms with van der Waals surface area (Å²) in [5.74, 6) is -0.694. The van der Waals surface area contributed by atoms with Crippen molar-refractivity contribution in [3.05, 3.63) is 101 Å². The minimum Gasteiger partial charge on any atom is -0.325 e. The summed E-state index contributed by atoms with van der Waals surface area (Å²) in [6.07, 6.45) is 1.44. The van der Waals surface area contributed by atoms with Crippen LogP contribution in [0.15, 0.2) is 94.9 Å². The lowest BCUT2D eigenvalue weighted by Crippen LogP contribution is -2.38. The molecule has 1 heterocycles. The van der Waals surface area contributed by atoms with Crippen LogP contribution in [0.4, 0.5) is 17.3 Å². The Balaban J connectivity index is 1.52. The van der Waals surface area contributed by atoms with Gasteiger partial charge < -0.3 is 5.32 Å². The predicted molar refractivity (Wildman–Crippen MR) is 150 cm³/mol. The molecule has 0 spiro atoms. The van der Waals surface area contributed by atoms with Crippen molar-refractivity contribution in [1.29, 1.82) is 0 Å². The molecular weight excluding hydrogens is 562 g/mol. The second kappa shape index (κ2) is 11.4. The van der Waals surface area contributed by atoms with Crippen molar-refractivity contribution in [2.75, 3.05) is 20.9 Å². The van der Waals surface area contributed by atoms with E-state index in [2.05, 4.69) is 20.0 Å². The quantitative estimate of drug-likeness (QED) is 0.297. The molecule has 3 aromatic carbocycles. The Bertz CT molecular complexity index is 1700. The fourth-order valence-electron chi connectivity index (χ4n) is 3.49. The zero-order chi connectivity index (χ0) is 28.2. The molecule has 0 atom stereocenters. The van der Waals surface area contributed by atoms with Crippen molar-refractivity contribution in [1.82, 2.24) is 9.97 Å². The number of amides is 1. The molecule has 0 saturated heterocycles. The van der Waals surface area contributed by atoms with Gasteiger partial charge in [0.2, 0.25) is 11.9 Å². The molecule has 0 unspecified atom stereocenters. The van der Waals surface area contributed by atoms with E-state index in [-0.39, 0.29) is 21.4 Å². The summed E-state index contributed by atoms with van der Waals surface area (Å²) in [4.78, 5) is 20.8. The molecule has 1 amide bonds. The molecule has 2 N–H and O–H groups in total. The molecule has 0 aliphatic heterocycles. The largest absolute Gasteiger partial charge is 0.325 e. The van der Waals surface area contributed by atoms with Gasteiger partial charge in [-0.2, -0.15) is 0 Å². The summed E-state index contributed by atoms with van der Waals surface area (Å²) in [5, 5.41) is 2.99. The lowest BCUT2D eigenvalue weighted by molar-refractivity contribution is -0.114. The number of nitrogens with one attached hydrogen (secondary N) is 2. The van der Waals surface area contributed by atoms with Gasteiger partial charge in [-0.05, 0) is 80.6 Å². The van der Waals surface area contributed by atoms with Gasteiger partial charge in [-0.25, -0.2) is 31.5 Å². The number of anilines is 3. The van der Waals surface area contributed by atoms with Crippen molar-refractivity contribution in [3.8, 4) is 0 Å². The van der Waals surface area contributed by atoms with E-state index < -0.39 is 32.5 Å². The van der Waals surface area contributed by atoms with Crippen LogP contribution >= 0.6 is 11.6 Å². The van der Waals surface area contributed by atoms with Gasteiger partial charge in [-0.1, -0.05) is 29.3 Å². The maximum Gasteiger partial charge on any atom is 0.264 e. The third kappa shape index (κ3) is 6.91. The Hall–Kier alpha value is -4.00. The molecule has 0 radical (unpaired) electrons. The van der Waals surface area contributed by atoms with Gasteiger partial charge >= 0.3 is 0 Å². The van der Waals surface area contributed by atoms with E-state index in [9.17, 15) is 21.6 Å². The molecule has 13 heteroatoms. The second-order valence-corrected chi connectivity index (χ2v) is 12.5. The number of sulfonamides is 2. The van der Waals surface area contributed by atoms with Gasteiger partial charge in [-0.3, -0.25) is 9.10 Å². The minimum atomic E-state index is -4.12. The fraction of sp³-hybridized carbons (Fsp3) is 0.115. The molecule has 39 heavy (non-hydrogen) atoms. The van der Waals surface area contributed by atoms with Crippen molar-refractivity contribution >= 4 is 54.9 Å². The molecule has 202 valence electrons. The SMILES string of the molecule is Cc1ccc(N(CC(=O)Nc2ccc(S(=O)(=O)Nc3nccc(C)n3)cc2)S(=O)(=O)c2ccc(Cl)cc2)cc1. The standard InChI is InChI=1S/C26H24ClN5O5S2/c1-18-3-9-22(10-4-18)32(39(36,37)24-11-5-20(27)6-12-24)17-25(33)30-21-7-13-23(14-8-21)38(34,35)31-26-28-16-15-19(2)29-26/h3-16H,17H2,1-2H3,(H,30,33)(H,28,29,31). The zero-order valence-electron chi connectivity index (χ0n) is 20.9. The Kier molecular flexibility index (Phi) is 8.19. The molecule has 10 nitrogen and oxygen atoms in total. The van der Waals surface area contributed by atoms with Gasteiger partial charge in [0.15, 0.2) is 0 Å². The molecule has 0 aliphatic rings. The average molecular weight is 586 g/mol. The van der Waals surface area contributed by atoms with Crippen molar-refractivity contribution < 1.29 is 21.6 Å². The highest BCUT2D eigenvalue weighted by atomic mass is 35.5. The number of halogens is 1. The number of aryl methyl sites for hydroxylation is 2. The van der Waals surface area contributed by atoms with Crippen LogP contribution in [0.2, 0.25) is 5.02 Å². The number of aromatic nitrogens is 2. The van der Waals surface area contributed by atoms with Gasteiger partial charge in [0.05, 0.1) is 15.5 Å². The van der Waals surface area contributed by atoms with E-state index in [1.165, 1.54) is 54.7 Å². The summed E-state index contributed by atoms with van der Waals surface area (Å²) in [6, 6.07) is 19.4. The average Bonchev–Trinajstić information content (AvgIpc) is 2.88. The smallest absolute Gasteiger partial charge is 0.264 e. The maximum absolute atomic E-state index is 13.5. The first-order valence-corrected chi connectivity index (χ1v) is 14.8. The second-order valence-electron chi connectivity index (χ2n) is 8.50. The van der Waals surface area contributed by atoms with Crippen molar-refractivity contribution in [2.24, 2.45) is 0 Å². The van der Waals surface area contributed by atoms with E-state index in [1.54, 1.807) is 37.3 Å². The highest BCUT2D eigenvalue weighted by Gasteiger charge is 2.27. The van der Waals surface area contributed by atoms with E-state index in [4.69, 9.17) is 11.6 Å². The van der Waals surface area contributed by atoms with E-state index in [1.807, 2.05) is 6.92 Å². The molecule has 0 aliphatic carbocycles. The molecule has 0 saturated carbocycles. The third-order valence-electron chi connectivity index (χ3n) is 5.48. The summed E-state index contributed by atoms with van der Waals surface area (Å²) in [7, 11) is -8.09. The van der Waals surface area contributed by atoms with Gasteiger partial charge in [0.1, 0.15) is 6.54 Å². The van der Waals surface area contributed by atoms with Gasteiger partial charge in [0, 0.05) is 22.6 Å². The molecule has 0 bridgehead atoms. The maximum atomic E-state index is 13.5. The topological polar surface area (TPSA) is 138 Å².